The molecule has 0 unspecified atom stereocenters. The summed E-state index contributed by atoms with van der Waals surface area (Å²) in [5, 5.41) is 9.18. The normalized spacial score (nSPS) is 11.0. The van der Waals surface area contributed by atoms with E-state index in [9.17, 15) is 4.79 Å². The molecule has 0 atom stereocenters. The van der Waals surface area contributed by atoms with Crippen molar-refractivity contribution in [2.24, 2.45) is 7.05 Å². The van der Waals surface area contributed by atoms with E-state index in [2.05, 4.69) is 10.4 Å². The smallest absolute Gasteiger partial charge is 0.265 e. The molecule has 28 heavy (non-hydrogen) atoms. The number of benzene rings is 2. The van der Waals surface area contributed by atoms with Gasteiger partial charge in [-0.3, -0.25) is 9.48 Å². The first-order chi connectivity index (χ1) is 13.5. The number of fused-ring (bicyclic) bond motifs is 1. The van der Waals surface area contributed by atoms with Gasteiger partial charge in [-0.05, 0) is 42.8 Å². The van der Waals surface area contributed by atoms with E-state index >= 15 is 0 Å². The summed E-state index contributed by atoms with van der Waals surface area (Å²) in [6.07, 6.45) is 0. The van der Waals surface area contributed by atoms with E-state index in [1.54, 1.807) is 11.8 Å². The van der Waals surface area contributed by atoms with Crippen molar-refractivity contribution in [2.75, 3.05) is 12.4 Å². The summed E-state index contributed by atoms with van der Waals surface area (Å²) in [5.74, 6) is 0.454. The van der Waals surface area contributed by atoms with Crippen LogP contribution in [0.1, 0.15) is 15.2 Å². The molecule has 7 heteroatoms. The van der Waals surface area contributed by atoms with Crippen molar-refractivity contribution in [1.82, 2.24) is 9.78 Å². The van der Waals surface area contributed by atoms with Crippen LogP contribution in [0.2, 0.25) is 5.02 Å². The second-order valence-electron chi connectivity index (χ2n) is 6.47. The number of methoxy groups -OCH3 is 1. The molecule has 2 heterocycles. The number of aromatic nitrogens is 2. The predicted octanol–water partition coefficient (Wildman–Crippen LogP) is 5.52. The van der Waals surface area contributed by atoms with Crippen molar-refractivity contribution in [2.45, 2.75) is 6.92 Å². The Hall–Kier alpha value is -2.83. The molecule has 0 aliphatic carbocycles. The van der Waals surface area contributed by atoms with Crippen LogP contribution in [-0.4, -0.2) is 22.8 Å². The number of amides is 1. The van der Waals surface area contributed by atoms with E-state index in [1.807, 2.05) is 62.5 Å². The first-order valence-electron chi connectivity index (χ1n) is 8.64. The van der Waals surface area contributed by atoms with Crippen LogP contribution in [0.5, 0.6) is 5.75 Å². The van der Waals surface area contributed by atoms with Crippen LogP contribution >= 0.6 is 22.9 Å². The van der Waals surface area contributed by atoms with E-state index < -0.39 is 0 Å². The summed E-state index contributed by atoms with van der Waals surface area (Å²) in [6.45, 7) is 1.97. The average molecular weight is 412 g/mol. The van der Waals surface area contributed by atoms with Crippen molar-refractivity contribution in [1.29, 1.82) is 0 Å². The number of rotatable bonds is 4. The lowest BCUT2D eigenvalue weighted by Gasteiger charge is -2.10. The lowest BCUT2D eigenvalue weighted by atomic mass is 10.1. The fourth-order valence-electron chi connectivity index (χ4n) is 3.08. The zero-order valence-electron chi connectivity index (χ0n) is 15.6. The highest BCUT2D eigenvalue weighted by molar-refractivity contribution is 7.20. The van der Waals surface area contributed by atoms with Gasteiger partial charge in [-0.15, -0.1) is 11.3 Å². The number of ether oxygens (including phenoxy) is 1. The SMILES string of the molecule is COc1ccc(C)cc1NC(=O)c1cc2c(-c3ccc(Cl)cc3)nn(C)c2s1. The Morgan fingerprint density at radius 2 is 1.93 bits per heavy atom. The maximum atomic E-state index is 12.9. The Labute approximate surface area is 171 Å². The van der Waals surface area contributed by atoms with Crippen LogP contribution in [0.4, 0.5) is 5.69 Å². The van der Waals surface area contributed by atoms with E-state index in [0.717, 1.165) is 27.0 Å². The highest BCUT2D eigenvalue weighted by Crippen LogP contribution is 2.35. The molecule has 4 aromatic rings. The van der Waals surface area contributed by atoms with Crippen LogP contribution < -0.4 is 10.1 Å². The van der Waals surface area contributed by atoms with Gasteiger partial charge >= 0.3 is 0 Å². The number of anilines is 1. The monoisotopic (exact) mass is 411 g/mol. The number of carbonyl (C=O) groups excluding carboxylic acids is 1. The van der Waals surface area contributed by atoms with Crippen LogP contribution in [0.25, 0.3) is 21.5 Å². The number of nitrogens with one attached hydrogen (secondary N) is 1. The van der Waals surface area contributed by atoms with Crippen molar-refractivity contribution >= 4 is 44.7 Å². The van der Waals surface area contributed by atoms with Crippen LogP contribution in [0.3, 0.4) is 0 Å². The molecule has 2 aromatic heterocycles. The Morgan fingerprint density at radius 3 is 2.64 bits per heavy atom. The summed E-state index contributed by atoms with van der Waals surface area (Å²) in [6, 6.07) is 15.1. The molecular formula is C21H18ClN3O2S. The second-order valence-corrected chi connectivity index (χ2v) is 7.93. The molecule has 0 aliphatic heterocycles. The molecule has 0 radical (unpaired) electrons. The third-order valence-electron chi connectivity index (χ3n) is 4.46. The number of hydrogen-bond acceptors (Lipinski definition) is 4. The van der Waals surface area contributed by atoms with Crippen molar-refractivity contribution in [3.8, 4) is 17.0 Å². The zero-order chi connectivity index (χ0) is 19.8. The van der Waals surface area contributed by atoms with Gasteiger partial charge in [0.05, 0.1) is 17.7 Å². The van der Waals surface area contributed by atoms with Gasteiger partial charge in [0.2, 0.25) is 0 Å². The summed E-state index contributed by atoms with van der Waals surface area (Å²) < 4.78 is 7.15. The Morgan fingerprint density at radius 1 is 1.18 bits per heavy atom. The number of aryl methyl sites for hydroxylation is 2. The molecule has 4 rings (SSSR count). The molecule has 0 saturated heterocycles. The largest absolute Gasteiger partial charge is 0.495 e. The summed E-state index contributed by atoms with van der Waals surface area (Å²) >= 11 is 7.40. The molecule has 0 bridgehead atoms. The van der Waals surface area contributed by atoms with Crippen molar-refractivity contribution < 1.29 is 9.53 Å². The fraction of sp³-hybridized carbons (Fsp3) is 0.143. The molecule has 5 nitrogen and oxygen atoms in total. The Balaban J connectivity index is 1.70. The minimum absolute atomic E-state index is 0.174. The van der Waals surface area contributed by atoms with Crippen molar-refractivity contribution in [3.05, 3.63) is 64.0 Å². The first-order valence-corrected chi connectivity index (χ1v) is 9.84. The van der Waals surface area contributed by atoms with Crippen LogP contribution in [-0.2, 0) is 7.05 Å². The number of thiophene rings is 1. The quantitative estimate of drug-likeness (QED) is 0.480. The number of carbonyl (C=O) groups is 1. The topological polar surface area (TPSA) is 56.1 Å². The lowest BCUT2D eigenvalue weighted by molar-refractivity contribution is 0.103. The van der Waals surface area contributed by atoms with E-state index in [0.29, 0.717) is 21.3 Å². The molecule has 0 spiro atoms. The number of hydrogen-bond donors (Lipinski definition) is 1. The average Bonchev–Trinajstić information content (AvgIpc) is 3.24. The predicted molar refractivity (Wildman–Crippen MR) is 115 cm³/mol. The van der Waals surface area contributed by atoms with Crippen LogP contribution in [0, 0.1) is 6.92 Å². The highest BCUT2D eigenvalue weighted by atomic mass is 35.5. The van der Waals surface area contributed by atoms with Gasteiger partial charge in [-0.1, -0.05) is 29.8 Å². The molecule has 142 valence electrons. The van der Waals surface area contributed by atoms with Gasteiger partial charge in [0.25, 0.3) is 5.91 Å². The Bertz CT molecular complexity index is 1180. The molecule has 0 aliphatic rings. The van der Waals surface area contributed by atoms with Gasteiger partial charge in [0.1, 0.15) is 16.3 Å². The third kappa shape index (κ3) is 3.37. The zero-order valence-corrected chi connectivity index (χ0v) is 17.2. The minimum Gasteiger partial charge on any atom is -0.495 e. The lowest BCUT2D eigenvalue weighted by Crippen LogP contribution is -2.11. The Kier molecular flexibility index (Phi) is 4.83. The van der Waals surface area contributed by atoms with Crippen LogP contribution in [0.15, 0.2) is 48.5 Å². The van der Waals surface area contributed by atoms with Gasteiger partial charge in [-0.25, -0.2) is 0 Å². The highest BCUT2D eigenvalue weighted by Gasteiger charge is 2.19. The van der Waals surface area contributed by atoms with Gasteiger partial charge < -0.3 is 10.1 Å². The summed E-state index contributed by atoms with van der Waals surface area (Å²) in [5.41, 5.74) is 3.49. The molecule has 1 N–H and O–H groups in total. The molecule has 0 saturated carbocycles. The second kappa shape index (κ2) is 7.30. The van der Waals surface area contributed by atoms with E-state index in [-0.39, 0.29) is 5.91 Å². The third-order valence-corrected chi connectivity index (χ3v) is 5.91. The standard InChI is InChI=1S/C21H18ClN3O2S/c1-12-4-9-17(27-3)16(10-12)23-20(26)18-11-15-19(24-25(2)21(15)28-18)13-5-7-14(22)8-6-13/h4-11H,1-3H3,(H,23,26). The molecule has 1 amide bonds. The minimum atomic E-state index is -0.174. The first kappa shape index (κ1) is 18.5. The summed E-state index contributed by atoms with van der Waals surface area (Å²) in [7, 11) is 3.47. The summed E-state index contributed by atoms with van der Waals surface area (Å²) in [4.78, 5) is 14.4. The maximum Gasteiger partial charge on any atom is 0.265 e. The molecule has 0 fully saturated rings. The van der Waals surface area contributed by atoms with Gasteiger partial charge in [0.15, 0.2) is 0 Å². The number of nitrogens with zero attached hydrogens (tertiary/aromatic N) is 2. The van der Waals surface area contributed by atoms with Crippen molar-refractivity contribution in [3.63, 3.8) is 0 Å². The fourth-order valence-corrected chi connectivity index (χ4v) is 4.17. The van der Waals surface area contributed by atoms with E-state index in [4.69, 9.17) is 16.3 Å². The van der Waals surface area contributed by atoms with Gasteiger partial charge in [0, 0.05) is 23.0 Å². The molecule has 2 aromatic carbocycles. The van der Waals surface area contributed by atoms with E-state index in [1.165, 1.54) is 11.3 Å². The maximum absolute atomic E-state index is 12.9. The molecular weight excluding hydrogens is 394 g/mol. The number of halogens is 1. The van der Waals surface area contributed by atoms with Gasteiger partial charge in [-0.2, -0.15) is 5.10 Å².